The van der Waals surface area contributed by atoms with Crippen LogP contribution in [-0.4, -0.2) is 48.4 Å². The minimum atomic E-state index is -0.864. The van der Waals surface area contributed by atoms with Crippen molar-refractivity contribution in [2.24, 2.45) is 0 Å². The number of benzene rings is 2. The number of nitrogens with one attached hydrogen (secondary N) is 1. The van der Waals surface area contributed by atoms with Gasteiger partial charge in [0.2, 0.25) is 0 Å². The van der Waals surface area contributed by atoms with Crippen molar-refractivity contribution in [1.29, 1.82) is 0 Å². The van der Waals surface area contributed by atoms with Crippen LogP contribution in [0.5, 0.6) is 11.5 Å². The molecule has 2 amide bonds. The van der Waals surface area contributed by atoms with E-state index in [2.05, 4.69) is 5.32 Å². The first kappa shape index (κ1) is 22.3. The molecule has 1 aliphatic heterocycles. The third kappa shape index (κ3) is 6.84. The van der Waals surface area contributed by atoms with Crippen LogP contribution in [0.3, 0.4) is 0 Å². The van der Waals surface area contributed by atoms with E-state index in [4.69, 9.17) is 9.47 Å². The van der Waals surface area contributed by atoms with E-state index in [0.29, 0.717) is 30.2 Å². The zero-order valence-corrected chi connectivity index (χ0v) is 17.7. The van der Waals surface area contributed by atoms with E-state index in [0.717, 1.165) is 25.7 Å². The van der Waals surface area contributed by atoms with E-state index >= 15 is 0 Å². The van der Waals surface area contributed by atoms with Crippen molar-refractivity contribution in [1.82, 2.24) is 10.2 Å². The minimum absolute atomic E-state index is 0.185. The largest absolute Gasteiger partial charge is 0.457 e. The summed E-state index contributed by atoms with van der Waals surface area (Å²) in [5, 5.41) is 2.52. The van der Waals surface area contributed by atoms with Crippen LogP contribution in [0.2, 0.25) is 0 Å². The van der Waals surface area contributed by atoms with Gasteiger partial charge in [0.25, 0.3) is 11.8 Å². The molecule has 7 nitrogen and oxygen atoms in total. The number of rotatable bonds is 7. The SMILES string of the molecule is CC(OC(=O)CNC(=O)c1ccc(Oc2ccccc2)cc1)C(=O)N1CCCCCC1. The van der Waals surface area contributed by atoms with Crippen molar-refractivity contribution in [2.75, 3.05) is 19.6 Å². The van der Waals surface area contributed by atoms with Crippen LogP contribution in [0, 0.1) is 0 Å². The number of carbonyl (C=O) groups is 3. The highest BCUT2D eigenvalue weighted by molar-refractivity contribution is 5.96. The summed E-state index contributed by atoms with van der Waals surface area (Å²) in [5.74, 6) is 0.0626. The highest BCUT2D eigenvalue weighted by atomic mass is 16.5. The van der Waals surface area contributed by atoms with Gasteiger partial charge in [0.15, 0.2) is 6.10 Å². The Hall–Kier alpha value is -3.35. The highest BCUT2D eigenvalue weighted by Gasteiger charge is 2.24. The van der Waals surface area contributed by atoms with E-state index in [-0.39, 0.29) is 12.5 Å². The van der Waals surface area contributed by atoms with Crippen LogP contribution in [0.15, 0.2) is 54.6 Å². The first-order valence-electron chi connectivity index (χ1n) is 10.6. The molecule has 1 heterocycles. The molecule has 0 bridgehead atoms. The molecule has 0 radical (unpaired) electrons. The third-order valence-corrected chi connectivity index (χ3v) is 5.06. The lowest BCUT2D eigenvalue weighted by molar-refractivity contribution is -0.158. The molecule has 3 rings (SSSR count). The number of amides is 2. The fraction of sp³-hybridized carbons (Fsp3) is 0.375. The van der Waals surface area contributed by atoms with Gasteiger partial charge in [-0.05, 0) is 56.2 Å². The van der Waals surface area contributed by atoms with E-state index in [1.165, 1.54) is 0 Å². The summed E-state index contributed by atoms with van der Waals surface area (Å²) in [6, 6.07) is 15.9. The monoisotopic (exact) mass is 424 g/mol. The molecule has 2 aromatic carbocycles. The standard InChI is InChI=1S/C24H28N2O5/c1-18(24(29)26-15-7-2-3-8-16-26)30-22(27)17-25-23(28)19-11-13-21(14-12-19)31-20-9-5-4-6-10-20/h4-6,9-14,18H,2-3,7-8,15-17H2,1H3,(H,25,28). The van der Waals surface area contributed by atoms with Crippen LogP contribution >= 0.6 is 0 Å². The van der Waals surface area contributed by atoms with E-state index in [1.54, 1.807) is 36.1 Å². The lowest BCUT2D eigenvalue weighted by Crippen LogP contribution is -2.42. The van der Waals surface area contributed by atoms with Crippen molar-refractivity contribution >= 4 is 17.8 Å². The van der Waals surface area contributed by atoms with E-state index < -0.39 is 18.0 Å². The van der Waals surface area contributed by atoms with Gasteiger partial charge in [0.1, 0.15) is 18.0 Å². The molecule has 1 fully saturated rings. The molecule has 1 saturated heterocycles. The van der Waals surface area contributed by atoms with Crippen molar-refractivity contribution in [3.63, 3.8) is 0 Å². The van der Waals surface area contributed by atoms with Crippen LogP contribution in [0.4, 0.5) is 0 Å². The quantitative estimate of drug-likeness (QED) is 0.687. The van der Waals surface area contributed by atoms with Gasteiger partial charge < -0.3 is 19.7 Å². The predicted molar refractivity (Wildman–Crippen MR) is 116 cm³/mol. The summed E-state index contributed by atoms with van der Waals surface area (Å²) in [4.78, 5) is 38.6. The fourth-order valence-corrected chi connectivity index (χ4v) is 3.39. The number of hydrogen-bond donors (Lipinski definition) is 1. The molecule has 1 aliphatic rings. The smallest absolute Gasteiger partial charge is 0.326 e. The molecule has 0 aromatic heterocycles. The molecule has 0 saturated carbocycles. The highest BCUT2D eigenvalue weighted by Crippen LogP contribution is 2.21. The number of ether oxygens (including phenoxy) is 2. The average Bonchev–Trinajstić information content (AvgIpc) is 3.08. The number of carbonyl (C=O) groups excluding carboxylic acids is 3. The number of likely N-dealkylation sites (tertiary alicyclic amines) is 1. The summed E-state index contributed by atoms with van der Waals surface area (Å²) in [5.41, 5.74) is 0.391. The van der Waals surface area contributed by atoms with Crippen LogP contribution in [-0.2, 0) is 14.3 Å². The molecule has 1 atom stereocenters. The summed E-state index contributed by atoms with van der Waals surface area (Å²) in [6.07, 6.45) is 3.30. The lowest BCUT2D eigenvalue weighted by atomic mass is 10.2. The minimum Gasteiger partial charge on any atom is -0.457 e. The van der Waals surface area contributed by atoms with Crippen LogP contribution < -0.4 is 10.1 Å². The Balaban J connectivity index is 1.44. The van der Waals surface area contributed by atoms with Crippen molar-refractivity contribution in [3.05, 3.63) is 60.2 Å². The van der Waals surface area contributed by atoms with Gasteiger partial charge in [-0.2, -0.15) is 0 Å². The Labute approximate surface area is 182 Å². The Kier molecular flexibility index (Phi) is 8.04. The molecule has 7 heteroatoms. The van der Waals surface area contributed by atoms with Gasteiger partial charge in [0, 0.05) is 18.7 Å². The lowest BCUT2D eigenvalue weighted by Gasteiger charge is -2.24. The molecular formula is C24H28N2O5. The van der Waals surface area contributed by atoms with Gasteiger partial charge in [-0.3, -0.25) is 14.4 Å². The van der Waals surface area contributed by atoms with Gasteiger partial charge in [-0.25, -0.2) is 0 Å². The second-order valence-electron chi connectivity index (χ2n) is 7.49. The van der Waals surface area contributed by atoms with E-state index in [1.807, 2.05) is 30.3 Å². The molecular weight excluding hydrogens is 396 g/mol. The zero-order chi connectivity index (χ0) is 22.1. The first-order valence-corrected chi connectivity index (χ1v) is 10.6. The summed E-state index contributed by atoms with van der Waals surface area (Å²) < 4.78 is 10.9. The Morgan fingerprint density at radius 3 is 2.16 bits per heavy atom. The maximum Gasteiger partial charge on any atom is 0.326 e. The zero-order valence-electron chi connectivity index (χ0n) is 17.7. The predicted octanol–water partition coefficient (Wildman–Crippen LogP) is 3.54. The van der Waals surface area contributed by atoms with Gasteiger partial charge >= 0.3 is 5.97 Å². The maximum atomic E-state index is 12.5. The van der Waals surface area contributed by atoms with Crippen LogP contribution in [0.1, 0.15) is 43.0 Å². The molecule has 164 valence electrons. The summed E-state index contributed by atoms with van der Waals surface area (Å²) >= 11 is 0. The molecule has 2 aromatic rings. The average molecular weight is 424 g/mol. The second-order valence-corrected chi connectivity index (χ2v) is 7.49. The molecule has 1 unspecified atom stereocenters. The van der Waals surface area contributed by atoms with Crippen molar-refractivity contribution < 1.29 is 23.9 Å². The second kappa shape index (κ2) is 11.2. The Bertz CT molecular complexity index is 875. The van der Waals surface area contributed by atoms with E-state index in [9.17, 15) is 14.4 Å². The third-order valence-electron chi connectivity index (χ3n) is 5.06. The number of nitrogens with zero attached hydrogens (tertiary/aromatic N) is 1. The van der Waals surface area contributed by atoms with Crippen LogP contribution in [0.25, 0.3) is 0 Å². The number of hydrogen-bond acceptors (Lipinski definition) is 5. The Morgan fingerprint density at radius 1 is 0.903 bits per heavy atom. The topological polar surface area (TPSA) is 84.9 Å². The molecule has 1 N–H and O–H groups in total. The molecule has 0 spiro atoms. The van der Waals surface area contributed by atoms with Gasteiger partial charge in [0.05, 0.1) is 0 Å². The Morgan fingerprint density at radius 2 is 1.52 bits per heavy atom. The molecule has 0 aliphatic carbocycles. The fourth-order valence-electron chi connectivity index (χ4n) is 3.39. The summed E-state index contributed by atoms with van der Waals surface area (Å²) in [6.45, 7) is 2.65. The summed E-state index contributed by atoms with van der Waals surface area (Å²) in [7, 11) is 0. The van der Waals surface area contributed by atoms with Crippen molar-refractivity contribution in [2.45, 2.75) is 38.7 Å². The van der Waals surface area contributed by atoms with Gasteiger partial charge in [-0.1, -0.05) is 31.0 Å². The number of esters is 1. The first-order chi connectivity index (χ1) is 15.0. The van der Waals surface area contributed by atoms with Gasteiger partial charge in [-0.15, -0.1) is 0 Å². The number of para-hydroxylation sites is 1. The maximum absolute atomic E-state index is 12.5. The molecule has 31 heavy (non-hydrogen) atoms. The van der Waals surface area contributed by atoms with Crippen molar-refractivity contribution in [3.8, 4) is 11.5 Å². The normalized spacial score (nSPS) is 14.8.